The first-order valence-corrected chi connectivity index (χ1v) is 8.44. The molecular formula is C15H14F14O3. The van der Waals surface area contributed by atoms with Gasteiger partial charge >= 0.3 is 42.2 Å². The maximum atomic E-state index is 13.5. The van der Waals surface area contributed by atoms with Crippen molar-refractivity contribution in [2.45, 2.75) is 74.4 Å². The van der Waals surface area contributed by atoms with Gasteiger partial charge in [-0.3, -0.25) is 0 Å². The van der Waals surface area contributed by atoms with Gasteiger partial charge < -0.3 is 9.84 Å². The van der Waals surface area contributed by atoms with E-state index in [1.54, 1.807) is 0 Å². The number of hydrogen-bond acceptors (Lipinski definition) is 3. The van der Waals surface area contributed by atoms with Crippen LogP contribution in [0.5, 0.6) is 0 Å². The molecule has 1 fully saturated rings. The molecule has 0 heterocycles. The number of aliphatic hydroxyl groups is 1. The van der Waals surface area contributed by atoms with Crippen molar-refractivity contribution in [3.63, 3.8) is 0 Å². The van der Waals surface area contributed by atoms with Gasteiger partial charge in [0.1, 0.15) is 0 Å². The van der Waals surface area contributed by atoms with Crippen LogP contribution in [0.25, 0.3) is 0 Å². The molecule has 0 bridgehead atoms. The summed E-state index contributed by atoms with van der Waals surface area (Å²) in [6.45, 7) is -0.378. The number of carbonyl (C=O) groups excluding carboxylic acids is 1. The fourth-order valence-corrected chi connectivity index (χ4v) is 3.60. The maximum absolute atomic E-state index is 13.5. The second kappa shape index (κ2) is 8.04. The summed E-state index contributed by atoms with van der Waals surface area (Å²) in [5.41, 5.74) is -11.1. The summed E-state index contributed by atoms with van der Waals surface area (Å²) in [6.07, 6.45) is -32.8. The fourth-order valence-electron chi connectivity index (χ4n) is 3.60. The molecule has 1 saturated carbocycles. The SMILES string of the molecule is CC(F)(F)C(=O)OC(C1CCC(C(O)(C(F)(F)F)C(F)(F)F)CC1)(C(F)(F)F)C(F)(F)F. The van der Waals surface area contributed by atoms with Crippen LogP contribution < -0.4 is 0 Å². The number of rotatable bonds is 4. The summed E-state index contributed by atoms with van der Waals surface area (Å²) in [7, 11) is 0. The van der Waals surface area contributed by atoms with E-state index in [1.165, 1.54) is 0 Å². The summed E-state index contributed by atoms with van der Waals surface area (Å²) in [4.78, 5) is 11.2. The van der Waals surface area contributed by atoms with E-state index in [9.17, 15) is 71.4 Å². The van der Waals surface area contributed by atoms with Crippen molar-refractivity contribution in [1.82, 2.24) is 0 Å². The predicted octanol–water partition coefficient (Wildman–Crippen LogP) is 5.71. The number of esters is 1. The van der Waals surface area contributed by atoms with Gasteiger partial charge in [0.25, 0.3) is 5.60 Å². The Bertz CT molecular complexity index is 646. The zero-order chi connectivity index (χ0) is 25.8. The molecule has 0 aromatic rings. The molecule has 0 atom stereocenters. The largest absolute Gasteiger partial charge is 0.437 e. The van der Waals surface area contributed by atoms with Gasteiger partial charge in [0.05, 0.1) is 0 Å². The molecule has 32 heavy (non-hydrogen) atoms. The number of alkyl halides is 14. The molecule has 1 aliphatic rings. The Morgan fingerprint density at radius 3 is 1.22 bits per heavy atom. The summed E-state index contributed by atoms with van der Waals surface area (Å²) >= 11 is 0. The summed E-state index contributed by atoms with van der Waals surface area (Å²) in [5.74, 6) is -14.1. The highest BCUT2D eigenvalue weighted by molar-refractivity contribution is 5.77. The van der Waals surface area contributed by atoms with Crippen molar-refractivity contribution in [1.29, 1.82) is 0 Å². The lowest BCUT2D eigenvalue weighted by atomic mass is 9.67. The minimum Gasteiger partial charge on any atom is -0.435 e. The van der Waals surface area contributed by atoms with E-state index >= 15 is 0 Å². The molecule has 0 saturated heterocycles. The van der Waals surface area contributed by atoms with Gasteiger partial charge in [-0.15, -0.1) is 0 Å². The Balaban J connectivity index is 3.44. The van der Waals surface area contributed by atoms with Crippen molar-refractivity contribution in [2.24, 2.45) is 11.8 Å². The van der Waals surface area contributed by atoms with Crippen molar-refractivity contribution in [2.75, 3.05) is 0 Å². The van der Waals surface area contributed by atoms with E-state index in [0.717, 1.165) is 0 Å². The summed E-state index contributed by atoms with van der Waals surface area (Å²) in [5, 5.41) is 9.29. The molecule has 1 N–H and O–H groups in total. The molecule has 17 heteroatoms. The van der Waals surface area contributed by atoms with Gasteiger partial charge in [-0.25, -0.2) is 4.79 Å². The fraction of sp³-hybridized carbons (Fsp3) is 0.933. The van der Waals surface area contributed by atoms with E-state index in [4.69, 9.17) is 0 Å². The molecule has 0 radical (unpaired) electrons. The van der Waals surface area contributed by atoms with Crippen molar-refractivity contribution >= 4 is 5.97 Å². The smallest absolute Gasteiger partial charge is 0.435 e. The third-order valence-corrected chi connectivity index (χ3v) is 5.21. The van der Waals surface area contributed by atoms with Crippen LogP contribution in [0.4, 0.5) is 61.5 Å². The zero-order valence-corrected chi connectivity index (χ0v) is 15.5. The van der Waals surface area contributed by atoms with Gasteiger partial charge in [0.15, 0.2) is 0 Å². The Hall–Kier alpha value is -1.55. The van der Waals surface area contributed by atoms with E-state index in [-0.39, 0.29) is 6.92 Å². The molecule has 0 aliphatic heterocycles. The third kappa shape index (κ3) is 4.71. The van der Waals surface area contributed by atoms with Crippen molar-refractivity contribution in [3.05, 3.63) is 0 Å². The van der Waals surface area contributed by atoms with Gasteiger partial charge in [0, 0.05) is 18.8 Å². The summed E-state index contributed by atoms with van der Waals surface area (Å²) < 4.78 is 187. The van der Waals surface area contributed by atoms with Crippen LogP contribution in [-0.2, 0) is 9.53 Å². The molecule has 1 aliphatic carbocycles. The van der Waals surface area contributed by atoms with E-state index in [0.29, 0.717) is 0 Å². The molecule has 0 aromatic heterocycles. The Morgan fingerprint density at radius 2 is 0.969 bits per heavy atom. The Morgan fingerprint density at radius 1 is 0.656 bits per heavy atom. The number of halogens is 14. The molecule has 190 valence electrons. The quantitative estimate of drug-likeness (QED) is 0.391. The first kappa shape index (κ1) is 28.5. The van der Waals surface area contributed by atoms with Gasteiger partial charge in [0.2, 0.25) is 0 Å². The molecule has 0 aromatic carbocycles. The van der Waals surface area contributed by atoms with Crippen molar-refractivity contribution in [3.8, 4) is 0 Å². The predicted molar refractivity (Wildman–Crippen MR) is 74.1 cm³/mol. The maximum Gasteiger partial charge on any atom is 0.437 e. The second-order valence-corrected chi connectivity index (χ2v) is 7.32. The lowest BCUT2D eigenvalue weighted by molar-refractivity contribution is -0.400. The van der Waals surface area contributed by atoms with Crippen LogP contribution in [-0.4, -0.2) is 52.9 Å². The third-order valence-electron chi connectivity index (χ3n) is 5.21. The van der Waals surface area contributed by atoms with Gasteiger partial charge in [-0.05, 0) is 25.7 Å². The van der Waals surface area contributed by atoms with Crippen molar-refractivity contribution < 1.29 is 76.1 Å². The van der Waals surface area contributed by atoms with Gasteiger partial charge in [-0.1, -0.05) is 0 Å². The van der Waals surface area contributed by atoms with Crippen LogP contribution >= 0.6 is 0 Å². The van der Waals surface area contributed by atoms with Crippen LogP contribution in [0.2, 0.25) is 0 Å². The zero-order valence-electron chi connectivity index (χ0n) is 15.5. The molecule has 0 spiro atoms. The monoisotopic (exact) mass is 508 g/mol. The lowest BCUT2D eigenvalue weighted by Gasteiger charge is -2.47. The lowest BCUT2D eigenvalue weighted by Crippen LogP contribution is -2.67. The molecule has 1 rings (SSSR count). The second-order valence-electron chi connectivity index (χ2n) is 7.32. The van der Waals surface area contributed by atoms with Crippen LogP contribution in [0, 0.1) is 11.8 Å². The first-order valence-electron chi connectivity index (χ1n) is 8.44. The van der Waals surface area contributed by atoms with Crippen LogP contribution in [0.3, 0.4) is 0 Å². The van der Waals surface area contributed by atoms with E-state index in [1.807, 2.05) is 0 Å². The van der Waals surface area contributed by atoms with Crippen LogP contribution in [0.1, 0.15) is 32.6 Å². The molecule has 0 unspecified atom stereocenters. The van der Waals surface area contributed by atoms with E-state index in [2.05, 4.69) is 4.74 Å². The Kier molecular flexibility index (Phi) is 7.16. The van der Waals surface area contributed by atoms with Gasteiger partial charge in [-0.2, -0.15) is 61.5 Å². The minimum absolute atomic E-state index is 0.378. The molecular weight excluding hydrogens is 494 g/mol. The summed E-state index contributed by atoms with van der Waals surface area (Å²) in [6, 6.07) is 0. The highest BCUT2D eigenvalue weighted by atomic mass is 19.4. The molecule has 3 nitrogen and oxygen atoms in total. The van der Waals surface area contributed by atoms with Crippen LogP contribution in [0.15, 0.2) is 0 Å². The standard InChI is InChI=1S/C15H14F14O3/c1-9(16,17)8(30)32-11(14(24,25)26,15(27,28)29)7-4-2-6(3-5-7)10(31,12(18,19)20)13(21,22)23/h6-7,31H,2-5H2,1H3. The minimum atomic E-state index is -6.62. The average Bonchev–Trinajstić information content (AvgIpc) is 2.53. The first-order chi connectivity index (χ1) is 13.8. The highest BCUT2D eigenvalue weighted by Gasteiger charge is 2.79. The Labute approximate surface area is 169 Å². The average molecular weight is 508 g/mol. The number of carbonyl (C=O) groups is 1. The normalized spacial score (nSPS) is 22.6. The topological polar surface area (TPSA) is 46.5 Å². The highest BCUT2D eigenvalue weighted by Crippen LogP contribution is 2.58. The molecule has 0 amide bonds. The van der Waals surface area contributed by atoms with E-state index < -0.39 is 85.3 Å². The number of hydrogen-bond donors (Lipinski definition) is 1. The number of ether oxygens (including phenoxy) is 1.